The number of rotatable bonds is 6. The van der Waals surface area contributed by atoms with Crippen LogP contribution in [-0.2, 0) is 4.84 Å². The molecule has 2 unspecified atom stereocenters. The Kier molecular flexibility index (Phi) is 6.88. The number of hydrogen-bond acceptors (Lipinski definition) is 2. The number of hydroxylamine groups is 1. The molecule has 1 aliphatic rings. The van der Waals surface area contributed by atoms with Crippen molar-refractivity contribution in [1.82, 2.24) is 0 Å². The summed E-state index contributed by atoms with van der Waals surface area (Å²) in [6, 6.07) is 43.6. The molecule has 5 atom stereocenters. The number of benzene rings is 4. The van der Waals surface area contributed by atoms with E-state index in [0.29, 0.717) is 5.66 Å². The lowest BCUT2D eigenvalue weighted by Crippen LogP contribution is -2.30. The second-order valence-electron chi connectivity index (χ2n) is 8.40. The molecule has 5 rings (SSSR count). The Morgan fingerprint density at radius 1 is 0.576 bits per heavy atom. The van der Waals surface area contributed by atoms with Gasteiger partial charge in [-0.3, -0.25) is 4.84 Å². The zero-order valence-electron chi connectivity index (χ0n) is 19.0. The molecule has 0 saturated carbocycles. The normalized spacial score (nSPS) is 22.1. The lowest BCUT2D eigenvalue weighted by atomic mass is 10.0. The van der Waals surface area contributed by atoms with E-state index in [1.54, 1.807) is 0 Å². The number of para-hydroxylation sites is 1. The minimum Gasteiger partial charge on any atom is -0.264 e. The van der Waals surface area contributed by atoms with Crippen LogP contribution in [0.25, 0.3) is 0 Å². The van der Waals surface area contributed by atoms with Crippen LogP contribution >= 0.6 is 15.8 Å². The summed E-state index contributed by atoms with van der Waals surface area (Å²) >= 11 is 0. The van der Waals surface area contributed by atoms with Gasteiger partial charge in [-0.2, -0.15) is 0 Å². The van der Waals surface area contributed by atoms with E-state index in [1.165, 1.54) is 16.2 Å². The van der Waals surface area contributed by atoms with Crippen LogP contribution < -0.4 is 15.7 Å². The third-order valence-corrected chi connectivity index (χ3v) is 11.5. The molecule has 0 radical (unpaired) electrons. The predicted molar refractivity (Wildman–Crippen MR) is 145 cm³/mol. The minimum atomic E-state index is -0.521. The summed E-state index contributed by atoms with van der Waals surface area (Å²) in [6.45, 7) is 4.82. The average Bonchev–Trinajstić information content (AvgIpc) is 3.30. The third kappa shape index (κ3) is 4.62. The molecule has 1 aliphatic heterocycles. The Hall–Kier alpha value is -2.50. The van der Waals surface area contributed by atoms with Crippen LogP contribution in [0.1, 0.15) is 11.6 Å². The van der Waals surface area contributed by atoms with E-state index in [9.17, 15) is 0 Å². The second-order valence-corrected chi connectivity index (χ2v) is 13.0. The van der Waals surface area contributed by atoms with Crippen LogP contribution in [0.4, 0.5) is 5.69 Å². The Morgan fingerprint density at radius 2 is 1.03 bits per heavy atom. The first-order chi connectivity index (χ1) is 16.2. The predicted octanol–water partition coefficient (Wildman–Crippen LogP) is 6.75. The van der Waals surface area contributed by atoms with Crippen molar-refractivity contribution in [3.63, 3.8) is 0 Å². The van der Waals surface area contributed by atoms with Gasteiger partial charge in [-0.15, -0.1) is 0 Å². The first-order valence-electron chi connectivity index (χ1n) is 11.4. The molecule has 0 aliphatic carbocycles. The summed E-state index contributed by atoms with van der Waals surface area (Å²) in [5.41, 5.74) is 2.80. The fourth-order valence-electron chi connectivity index (χ4n) is 4.67. The van der Waals surface area contributed by atoms with Gasteiger partial charge in [0.15, 0.2) is 0 Å². The Bertz CT molecular complexity index is 1140. The molecule has 0 bridgehead atoms. The van der Waals surface area contributed by atoms with Crippen LogP contribution in [-0.4, -0.2) is 24.8 Å². The molecule has 1 heterocycles. The molecule has 0 N–H and O–H groups in total. The summed E-state index contributed by atoms with van der Waals surface area (Å²) in [7, 11) is -0.990. The molecule has 0 aromatic heterocycles. The Labute approximate surface area is 199 Å². The molecule has 0 amide bonds. The SMILES string of the molecule is CP(c1ccccc1)[C@@H]1[C@@H](c2ccccc2)N(c2ccccc2)O[C@H]1P(C)c1ccccc1. The smallest absolute Gasteiger partial charge is 0.118 e. The van der Waals surface area contributed by atoms with Gasteiger partial charge in [0.05, 0.1) is 11.7 Å². The molecule has 1 fully saturated rings. The molecule has 4 heteroatoms. The van der Waals surface area contributed by atoms with Crippen LogP contribution in [0.3, 0.4) is 0 Å². The second kappa shape index (κ2) is 10.2. The van der Waals surface area contributed by atoms with E-state index in [4.69, 9.17) is 4.84 Å². The molecule has 166 valence electrons. The monoisotopic (exact) mass is 469 g/mol. The summed E-state index contributed by atoms with van der Waals surface area (Å²) in [6.07, 6.45) is 0. The Balaban J connectivity index is 1.64. The molecule has 33 heavy (non-hydrogen) atoms. The number of hydrogen-bond donors (Lipinski definition) is 0. The highest BCUT2D eigenvalue weighted by Crippen LogP contribution is 2.59. The van der Waals surface area contributed by atoms with Gasteiger partial charge in [0.2, 0.25) is 0 Å². The van der Waals surface area contributed by atoms with E-state index in [0.717, 1.165) is 5.69 Å². The van der Waals surface area contributed by atoms with Crippen LogP contribution in [0.15, 0.2) is 121 Å². The van der Waals surface area contributed by atoms with Crippen molar-refractivity contribution < 1.29 is 4.84 Å². The van der Waals surface area contributed by atoms with Gasteiger partial charge in [0.1, 0.15) is 5.85 Å². The van der Waals surface area contributed by atoms with Gasteiger partial charge >= 0.3 is 0 Å². The lowest BCUT2D eigenvalue weighted by molar-refractivity contribution is 0.136. The van der Waals surface area contributed by atoms with Gasteiger partial charge in [0, 0.05) is 5.66 Å². The van der Waals surface area contributed by atoms with E-state index in [2.05, 4.69) is 140 Å². The minimum absolute atomic E-state index is 0.129. The topological polar surface area (TPSA) is 12.5 Å². The van der Waals surface area contributed by atoms with E-state index in [1.807, 2.05) is 0 Å². The summed E-state index contributed by atoms with van der Waals surface area (Å²) in [4.78, 5) is 6.96. The molecular formula is C29H29NOP2. The molecule has 4 aromatic rings. The summed E-state index contributed by atoms with van der Waals surface area (Å²) < 4.78 is 0. The summed E-state index contributed by atoms with van der Waals surface area (Å²) in [5, 5.41) is 5.02. The fraction of sp³-hybridized carbons (Fsp3) is 0.172. The van der Waals surface area contributed by atoms with E-state index >= 15 is 0 Å². The van der Waals surface area contributed by atoms with Crippen LogP contribution in [0.2, 0.25) is 0 Å². The van der Waals surface area contributed by atoms with E-state index in [-0.39, 0.29) is 11.9 Å². The van der Waals surface area contributed by atoms with Gasteiger partial charge in [-0.25, -0.2) is 5.06 Å². The zero-order valence-corrected chi connectivity index (χ0v) is 20.8. The lowest BCUT2D eigenvalue weighted by Gasteiger charge is -2.32. The van der Waals surface area contributed by atoms with Crippen LogP contribution in [0, 0.1) is 0 Å². The van der Waals surface area contributed by atoms with Crippen molar-refractivity contribution in [2.45, 2.75) is 17.5 Å². The quantitative estimate of drug-likeness (QED) is 0.290. The largest absolute Gasteiger partial charge is 0.264 e. The van der Waals surface area contributed by atoms with Gasteiger partial charge in [-0.1, -0.05) is 117 Å². The molecule has 1 saturated heterocycles. The van der Waals surface area contributed by atoms with Gasteiger partial charge in [0.25, 0.3) is 0 Å². The first-order valence-corrected chi connectivity index (χ1v) is 15.1. The molecule has 0 spiro atoms. The molecule has 2 nitrogen and oxygen atoms in total. The third-order valence-electron chi connectivity index (χ3n) is 6.40. The maximum atomic E-state index is 6.96. The fourth-order valence-corrected chi connectivity index (χ4v) is 9.81. The van der Waals surface area contributed by atoms with Gasteiger partial charge in [-0.05, 0) is 49.6 Å². The van der Waals surface area contributed by atoms with E-state index < -0.39 is 15.8 Å². The van der Waals surface area contributed by atoms with Crippen LogP contribution in [0.5, 0.6) is 0 Å². The highest BCUT2D eigenvalue weighted by molar-refractivity contribution is 7.69. The number of nitrogens with zero attached hydrogens (tertiary/aromatic N) is 1. The highest BCUT2D eigenvalue weighted by Gasteiger charge is 2.49. The highest BCUT2D eigenvalue weighted by atomic mass is 31.1. The zero-order chi connectivity index (χ0) is 22.6. The average molecular weight is 470 g/mol. The van der Waals surface area contributed by atoms with Gasteiger partial charge < -0.3 is 0 Å². The Morgan fingerprint density at radius 3 is 1.58 bits per heavy atom. The van der Waals surface area contributed by atoms with Crippen molar-refractivity contribution in [3.05, 3.63) is 127 Å². The maximum Gasteiger partial charge on any atom is 0.118 e. The van der Waals surface area contributed by atoms with Crippen molar-refractivity contribution in [1.29, 1.82) is 0 Å². The maximum absolute atomic E-state index is 6.96. The standard InChI is InChI=1S/C29H29NOP2/c1-32(25-19-11-5-12-20-25)28-27(23-15-7-3-8-16-23)30(24-17-9-4-10-18-24)31-29(28)33(2)26-21-13-6-14-22-26/h3-22,27-29H,1-2H3/t27-,28-,29+,32?,33?/m1/s1. The molecule has 4 aromatic carbocycles. The van der Waals surface area contributed by atoms with Crippen molar-refractivity contribution in [2.75, 3.05) is 18.4 Å². The molecular weight excluding hydrogens is 440 g/mol. The first kappa shape index (κ1) is 22.3. The van der Waals surface area contributed by atoms with Crippen molar-refractivity contribution in [2.24, 2.45) is 0 Å². The number of anilines is 1. The van der Waals surface area contributed by atoms with Crippen molar-refractivity contribution in [3.8, 4) is 0 Å². The van der Waals surface area contributed by atoms with Crippen molar-refractivity contribution >= 4 is 32.1 Å². The summed E-state index contributed by atoms with van der Waals surface area (Å²) in [5.74, 6) is 0.129.